The van der Waals surface area contributed by atoms with Crippen LogP contribution in [0.1, 0.15) is 38.5 Å². The second-order valence-corrected chi connectivity index (χ2v) is 12.0. The lowest BCUT2D eigenvalue weighted by molar-refractivity contribution is -0.161. The highest BCUT2D eigenvalue weighted by atomic mass is 32.2. The van der Waals surface area contributed by atoms with Crippen molar-refractivity contribution in [2.45, 2.75) is 53.2 Å². The van der Waals surface area contributed by atoms with E-state index in [-0.39, 0.29) is 22.3 Å². The molecule has 4 fully saturated rings. The Kier molecular flexibility index (Phi) is 5.10. The van der Waals surface area contributed by atoms with Crippen molar-refractivity contribution in [1.29, 1.82) is 0 Å². The lowest BCUT2D eigenvalue weighted by Crippen LogP contribution is -2.51. The van der Waals surface area contributed by atoms with Gasteiger partial charge in [0.15, 0.2) is 14.7 Å². The molecule has 0 atom stereocenters. The third kappa shape index (κ3) is 3.67. The molecule has 4 bridgehead atoms. The number of hydrogen-bond donors (Lipinski definition) is 0. The Labute approximate surface area is 193 Å². The van der Waals surface area contributed by atoms with E-state index in [9.17, 15) is 4.79 Å². The van der Waals surface area contributed by atoms with Crippen LogP contribution < -0.4 is 4.74 Å². The predicted octanol–water partition coefficient (Wildman–Crippen LogP) is 6.90. The van der Waals surface area contributed by atoms with Crippen LogP contribution in [-0.4, -0.2) is 5.97 Å². The van der Waals surface area contributed by atoms with E-state index in [1.807, 2.05) is 12.1 Å². The van der Waals surface area contributed by atoms with E-state index in [1.54, 1.807) is 0 Å². The molecule has 3 heteroatoms. The lowest BCUT2D eigenvalue weighted by atomic mass is 9.49. The molecule has 7 rings (SSSR count). The Morgan fingerprint density at radius 2 is 1.09 bits per heavy atom. The van der Waals surface area contributed by atoms with Gasteiger partial charge in [-0.1, -0.05) is 36.4 Å². The fraction of sp³-hybridized carbons (Fsp3) is 0.345. The van der Waals surface area contributed by atoms with Gasteiger partial charge in [-0.05, 0) is 105 Å². The summed E-state index contributed by atoms with van der Waals surface area (Å²) in [5.74, 6) is 2.94. The Bertz CT molecular complexity index is 1020. The molecule has 0 spiro atoms. The van der Waals surface area contributed by atoms with Gasteiger partial charge in [0.25, 0.3) is 0 Å². The average Bonchev–Trinajstić information content (AvgIpc) is 2.81. The van der Waals surface area contributed by atoms with Crippen molar-refractivity contribution in [2.24, 2.45) is 23.2 Å². The summed E-state index contributed by atoms with van der Waals surface area (Å²) in [5.41, 5.74) is -0.216. The van der Waals surface area contributed by atoms with E-state index in [0.29, 0.717) is 5.75 Å². The highest BCUT2D eigenvalue weighted by Crippen LogP contribution is 2.60. The van der Waals surface area contributed by atoms with Gasteiger partial charge in [0.05, 0.1) is 16.3 Å². The first kappa shape index (κ1) is 20.1. The molecule has 4 aliphatic rings. The largest absolute Gasteiger partial charge is 0.426 e. The van der Waals surface area contributed by atoms with Crippen molar-refractivity contribution in [2.75, 3.05) is 0 Å². The molecule has 2 nitrogen and oxygen atoms in total. The van der Waals surface area contributed by atoms with Crippen molar-refractivity contribution in [3.63, 3.8) is 0 Å². The summed E-state index contributed by atoms with van der Waals surface area (Å²) in [5, 5.41) is 0. The zero-order valence-corrected chi connectivity index (χ0v) is 19.1. The molecule has 3 aromatic carbocycles. The Morgan fingerprint density at radius 1 is 0.656 bits per heavy atom. The van der Waals surface area contributed by atoms with Gasteiger partial charge in [0.1, 0.15) is 5.75 Å². The number of hydrogen-bond acceptors (Lipinski definition) is 2. The van der Waals surface area contributed by atoms with Crippen molar-refractivity contribution >= 4 is 16.9 Å². The van der Waals surface area contributed by atoms with Crippen molar-refractivity contribution in [3.05, 3.63) is 84.9 Å². The summed E-state index contributed by atoms with van der Waals surface area (Å²) in [6.45, 7) is 0. The second-order valence-electron chi connectivity index (χ2n) is 9.99. The molecule has 0 aromatic heterocycles. The van der Waals surface area contributed by atoms with Gasteiger partial charge >= 0.3 is 5.97 Å². The smallest absolute Gasteiger partial charge is 0.317 e. The zero-order valence-electron chi connectivity index (χ0n) is 18.3. The summed E-state index contributed by atoms with van der Waals surface area (Å²) in [6.07, 6.45) is 7.14. The van der Waals surface area contributed by atoms with Crippen molar-refractivity contribution < 1.29 is 9.53 Å². The highest BCUT2D eigenvalue weighted by molar-refractivity contribution is 7.97. The third-order valence-electron chi connectivity index (χ3n) is 7.70. The van der Waals surface area contributed by atoms with Gasteiger partial charge in [-0.2, -0.15) is 0 Å². The molecular weight excluding hydrogens is 412 g/mol. The summed E-state index contributed by atoms with van der Waals surface area (Å²) in [6, 6.07) is 29.5. The van der Waals surface area contributed by atoms with E-state index < -0.39 is 0 Å². The summed E-state index contributed by atoms with van der Waals surface area (Å²) >= 11 is 0. The van der Waals surface area contributed by atoms with E-state index in [4.69, 9.17) is 4.74 Å². The van der Waals surface area contributed by atoms with Crippen LogP contribution >= 0.6 is 0 Å². The molecule has 0 saturated heterocycles. The van der Waals surface area contributed by atoms with Crippen LogP contribution in [0.5, 0.6) is 5.75 Å². The molecule has 4 aliphatic carbocycles. The van der Waals surface area contributed by atoms with Crippen LogP contribution in [0, 0.1) is 23.2 Å². The summed E-state index contributed by atoms with van der Waals surface area (Å²) < 4.78 is 6.01. The molecule has 4 saturated carbocycles. The predicted molar refractivity (Wildman–Crippen MR) is 128 cm³/mol. The zero-order chi connectivity index (χ0) is 21.5. The standard InChI is InChI=1S/C29H29O2S/c30-28(29-18-21-15-22(19-29)17-23(16-21)20-29)31-24-11-13-27(14-12-24)32(25-7-3-1-4-8-25)26-9-5-2-6-10-26/h1-14,21-23H,15-20H2/q+1. The number of benzene rings is 3. The van der Waals surface area contributed by atoms with Crippen molar-refractivity contribution in [3.8, 4) is 5.75 Å². The second kappa shape index (κ2) is 8.12. The molecule has 0 aliphatic heterocycles. The molecule has 162 valence electrons. The van der Waals surface area contributed by atoms with E-state index in [1.165, 1.54) is 33.9 Å². The molecule has 32 heavy (non-hydrogen) atoms. The minimum atomic E-state index is -0.216. The minimum Gasteiger partial charge on any atom is -0.426 e. The van der Waals surface area contributed by atoms with Gasteiger partial charge in [0, 0.05) is 0 Å². The highest BCUT2D eigenvalue weighted by Gasteiger charge is 2.55. The Morgan fingerprint density at radius 3 is 1.56 bits per heavy atom. The molecule has 0 N–H and O–H groups in total. The summed E-state index contributed by atoms with van der Waals surface area (Å²) in [4.78, 5) is 17.1. The maximum Gasteiger partial charge on any atom is 0.317 e. The normalized spacial score (nSPS) is 28.1. The van der Waals surface area contributed by atoms with Crippen LogP contribution in [0.2, 0.25) is 0 Å². The third-order valence-corrected chi connectivity index (χ3v) is 9.93. The topological polar surface area (TPSA) is 26.3 Å². The molecular formula is C29H29O2S+. The number of rotatable bonds is 5. The number of esters is 1. The first-order chi connectivity index (χ1) is 15.7. The quantitative estimate of drug-likeness (QED) is 0.244. The number of ether oxygens (including phenoxy) is 1. The molecule has 0 radical (unpaired) electrons. The van der Waals surface area contributed by atoms with Crippen molar-refractivity contribution in [1.82, 2.24) is 0 Å². The fourth-order valence-corrected chi connectivity index (χ4v) is 8.82. The SMILES string of the molecule is O=C(Oc1ccc([S+](c2ccccc2)c2ccccc2)cc1)C12CC3CC(CC(C3)C1)C2. The van der Waals surface area contributed by atoms with Crippen LogP contribution in [0.15, 0.2) is 99.6 Å². The van der Waals surface area contributed by atoms with E-state index >= 15 is 0 Å². The van der Waals surface area contributed by atoms with Gasteiger partial charge < -0.3 is 4.74 Å². The van der Waals surface area contributed by atoms with Gasteiger partial charge in [0.2, 0.25) is 0 Å². The average molecular weight is 442 g/mol. The monoisotopic (exact) mass is 441 g/mol. The molecule has 0 amide bonds. The summed E-state index contributed by atoms with van der Waals surface area (Å²) in [7, 11) is -0.185. The molecule has 0 heterocycles. The van der Waals surface area contributed by atoms with E-state index in [2.05, 4.69) is 72.8 Å². The van der Waals surface area contributed by atoms with Gasteiger partial charge in [-0.3, -0.25) is 4.79 Å². The van der Waals surface area contributed by atoms with Crippen LogP contribution in [0.3, 0.4) is 0 Å². The van der Waals surface area contributed by atoms with Crippen LogP contribution in [0.25, 0.3) is 0 Å². The fourth-order valence-electron chi connectivity index (χ4n) is 6.74. The van der Waals surface area contributed by atoms with Crippen LogP contribution in [-0.2, 0) is 15.7 Å². The van der Waals surface area contributed by atoms with Gasteiger partial charge in [-0.25, -0.2) is 0 Å². The number of carbonyl (C=O) groups excluding carboxylic acids is 1. The molecule has 3 aromatic rings. The Balaban J connectivity index is 1.24. The first-order valence-corrected chi connectivity index (χ1v) is 13.1. The maximum atomic E-state index is 13.3. The molecule has 0 unspecified atom stereocenters. The van der Waals surface area contributed by atoms with E-state index in [0.717, 1.165) is 37.0 Å². The van der Waals surface area contributed by atoms with Gasteiger partial charge in [-0.15, -0.1) is 0 Å². The van der Waals surface area contributed by atoms with Crippen LogP contribution in [0.4, 0.5) is 0 Å². The Hall–Kier alpha value is -2.52. The minimum absolute atomic E-state index is 0.0227. The maximum absolute atomic E-state index is 13.3. The number of carbonyl (C=O) groups is 1. The lowest BCUT2D eigenvalue weighted by Gasteiger charge is -2.55. The first-order valence-electron chi connectivity index (χ1n) is 11.9.